The molecule has 0 saturated heterocycles. The van der Waals surface area contributed by atoms with Crippen molar-refractivity contribution in [1.82, 2.24) is 4.98 Å². The normalized spacial score (nSPS) is 16.2. The highest BCUT2D eigenvalue weighted by Crippen LogP contribution is 2.32. The second-order valence-electron chi connectivity index (χ2n) is 2.75. The number of rotatable bonds is 2. The minimum absolute atomic E-state index is 0.439. The van der Waals surface area contributed by atoms with Crippen LogP contribution in [-0.4, -0.2) is 11.1 Å². The smallest absolute Gasteiger partial charge is 0.152 e. The third-order valence-corrected chi connectivity index (χ3v) is 4.08. The summed E-state index contributed by atoms with van der Waals surface area (Å²) < 4.78 is 7.74. The van der Waals surface area contributed by atoms with E-state index in [1.54, 1.807) is 12.4 Å². The number of ether oxygens (including phenoxy) is 1. The fourth-order valence-corrected chi connectivity index (χ4v) is 1.57. The van der Waals surface area contributed by atoms with Crippen molar-refractivity contribution in [2.24, 2.45) is 0 Å². The molecule has 1 aliphatic rings. The molecule has 12 heavy (non-hydrogen) atoms. The number of pyridine rings is 1. The molecule has 64 valence electrons. The number of hydrogen-bond donors (Lipinski definition) is 0. The molecular weight excluding hydrogens is 333 g/mol. The van der Waals surface area contributed by atoms with Gasteiger partial charge in [-0.05, 0) is 51.4 Å². The van der Waals surface area contributed by atoms with Crippen molar-refractivity contribution >= 4 is 38.5 Å². The van der Waals surface area contributed by atoms with E-state index in [0.717, 1.165) is 13.8 Å². The van der Waals surface area contributed by atoms with Gasteiger partial charge in [-0.2, -0.15) is 0 Å². The zero-order valence-corrected chi connectivity index (χ0v) is 10.0. The van der Waals surface area contributed by atoms with Crippen LogP contribution in [0.1, 0.15) is 12.8 Å². The fourth-order valence-electron chi connectivity index (χ4n) is 0.849. The van der Waals surface area contributed by atoms with Crippen LogP contribution in [-0.2, 0) is 0 Å². The van der Waals surface area contributed by atoms with E-state index in [-0.39, 0.29) is 0 Å². The maximum atomic E-state index is 5.64. The van der Waals surface area contributed by atoms with E-state index in [9.17, 15) is 0 Å². The second kappa shape index (κ2) is 3.49. The van der Waals surface area contributed by atoms with E-state index < -0.39 is 0 Å². The molecule has 0 atom stereocenters. The quantitative estimate of drug-likeness (QED) is 0.773. The maximum Gasteiger partial charge on any atom is 0.152 e. The van der Waals surface area contributed by atoms with Gasteiger partial charge in [-0.15, -0.1) is 0 Å². The van der Waals surface area contributed by atoms with Crippen LogP contribution in [0.3, 0.4) is 0 Å². The Morgan fingerprint density at radius 1 is 1.50 bits per heavy atom. The Kier molecular flexibility index (Phi) is 2.55. The summed E-state index contributed by atoms with van der Waals surface area (Å²) >= 11 is 5.66. The summed E-state index contributed by atoms with van der Waals surface area (Å²) in [5.41, 5.74) is 0. The fraction of sp³-hybridized carbons (Fsp3) is 0.375. The molecule has 1 aromatic heterocycles. The summed E-state index contributed by atoms with van der Waals surface area (Å²) in [6, 6.07) is 0. The summed E-state index contributed by atoms with van der Waals surface area (Å²) in [7, 11) is 0. The molecule has 1 fully saturated rings. The Labute approximate surface area is 93.0 Å². The van der Waals surface area contributed by atoms with Crippen LogP contribution < -0.4 is 4.74 Å². The third kappa shape index (κ3) is 1.90. The first-order chi connectivity index (χ1) is 5.77. The molecule has 2 nitrogen and oxygen atoms in total. The predicted molar refractivity (Wildman–Crippen MR) is 58.3 cm³/mol. The molecule has 0 N–H and O–H groups in total. The van der Waals surface area contributed by atoms with Crippen molar-refractivity contribution in [3.8, 4) is 5.75 Å². The molecule has 0 aliphatic heterocycles. The lowest BCUT2D eigenvalue weighted by Crippen LogP contribution is -1.98. The molecule has 0 unspecified atom stereocenters. The molecule has 0 spiro atoms. The van der Waals surface area contributed by atoms with E-state index in [2.05, 4.69) is 43.5 Å². The van der Waals surface area contributed by atoms with Gasteiger partial charge in [0, 0.05) is 6.20 Å². The highest BCUT2D eigenvalue weighted by molar-refractivity contribution is 14.1. The zero-order valence-electron chi connectivity index (χ0n) is 6.26. The monoisotopic (exact) mass is 339 g/mol. The van der Waals surface area contributed by atoms with Crippen molar-refractivity contribution in [2.45, 2.75) is 18.9 Å². The first kappa shape index (κ1) is 8.74. The van der Waals surface area contributed by atoms with Gasteiger partial charge in [0.05, 0.1) is 20.3 Å². The van der Waals surface area contributed by atoms with E-state index in [0.29, 0.717) is 6.10 Å². The standard InChI is InChI=1S/C8H7BrINO/c9-6-3-11-4-7(8(6)10)12-5-1-2-5/h3-5H,1-2H2. The van der Waals surface area contributed by atoms with Crippen LogP contribution in [0.5, 0.6) is 5.75 Å². The second-order valence-corrected chi connectivity index (χ2v) is 4.68. The molecule has 4 heteroatoms. The number of nitrogens with zero attached hydrogens (tertiary/aromatic N) is 1. The Balaban J connectivity index is 2.23. The summed E-state index contributed by atoms with van der Waals surface area (Å²) in [6.07, 6.45) is 6.35. The van der Waals surface area contributed by atoms with Crippen molar-refractivity contribution in [2.75, 3.05) is 0 Å². The van der Waals surface area contributed by atoms with Gasteiger partial charge in [-0.1, -0.05) is 0 Å². The molecule has 0 bridgehead atoms. The largest absolute Gasteiger partial charge is 0.488 e. The summed E-state index contributed by atoms with van der Waals surface area (Å²) in [5.74, 6) is 0.896. The van der Waals surface area contributed by atoms with E-state index >= 15 is 0 Å². The third-order valence-electron chi connectivity index (χ3n) is 1.62. The molecule has 1 aliphatic carbocycles. The molecule has 0 aromatic carbocycles. The van der Waals surface area contributed by atoms with Gasteiger partial charge in [-0.25, -0.2) is 0 Å². The van der Waals surface area contributed by atoms with Gasteiger partial charge in [0.2, 0.25) is 0 Å². The van der Waals surface area contributed by atoms with Gasteiger partial charge in [0.15, 0.2) is 5.75 Å². The lowest BCUT2D eigenvalue weighted by atomic mass is 10.5. The Hall–Kier alpha value is 0.160. The van der Waals surface area contributed by atoms with Gasteiger partial charge in [0.1, 0.15) is 0 Å². The zero-order chi connectivity index (χ0) is 8.55. The average molecular weight is 340 g/mol. The Morgan fingerprint density at radius 2 is 2.25 bits per heavy atom. The van der Waals surface area contributed by atoms with Gasteiger partial charge in [-0.3, -0.25) is 4.98 Å². The Bertz CT molecular complexity index is 301. The van der Waals surface area contributed by atoms with Crippen LogP contribution in [0.4, 0.5) is 0 Å². The van der Waals surface area contributed by atoms with E-state index in [4.69, 9.17) is 4.74 Å². The van der Waals surface area contributed by atoms with Crippen LogP contribution >= 0.6 is 38.5 Å². The average Bonchev–Trinajstić information content (AvgIpc) is 2.83. The molecule has 2 rings (SSSR count). The van der Waals surface area contributed by atoms with Crippen molar-refractivity contribution in [3.63, 3.8) is 0 Å². The lowest BCUT2D eigenvalue weighted by molar-refractivity contribution is 0.299. The van der Waals surface area contributed by atoms with Crippen molar-refractivity contribution in [1.29, 1.82) is 0 Å². The topological polar surface area (TPSA) is 22.1 Å². The van der Waals surface area contributed by atoms with Gasteiger partial charge >= 0.3 is 0 Å². The van der Waals surface area contributed by atoms with E-state index in [1.807, 2.05) is 0 Å². The molecule has 1 heterocycles. The number of hydrogen-bond acceptors (Lipinski definition) is 2. The van der Waals surface area contributed by atoms with Gasteiger partial charge in [0.25, 0.3) is 0 Å². The number of aromatic nitrogens is 1. The van der Waals surface area contributed by atoms with Crippen LogP contribution in [0.2, 0.25) is 0 Å². The SMILES string of the molecule is Brc1cncc(OC2CC2)c1I. The van der Waals surface area contributed by atoms with Crippen molar-refractivity contribution in [3.05, 3.63) is 20.4 Å². The van der Waals surface area contributed by atoms with Crippen molar-refractivity contribution < 1.29 is 4.74 Å². The van der Waals surface area contributed by atoms with Crippen LogP contribution in [0.15, 0.2) is 16.9 Å². The number of halogens is 2. The summed E-state index contributed by atoms with van der Waals surface area (Å²) in [4.78, 5) is 4.05. The predicted octanol–water partition coefficient (Wildman–Crippen LogP) is 2.99. The Morgan fingerprint density at radius 3 is 2.92 bits per heavy atom. The molecule has 0 amide bonds. The maximum absolute atomic E-state index is 5.64. The van der Waals surface area contributed by atoms with Crippen LogP contribution in [0.25, 0.3) is 0 Å². The molecule has 0 radical (unpaired) electrons. The first-order valence-corrected chi connectivity index (χ1v) is 5.60. The summed E-state index contributed by atoms with van der Waals surface area (Å²) in [6.45, 7) is 0. The highest BCUT2D eigenvalue weighted by atomic mass is 127. The highest BCUT2D eigenvalue weighted by Gasteiger charge is 2.24. The summed E-state index contributed by atoms with van der Waals surface area (Å²) in [5, 5.41) is 0. The minimum atomic E-state index is 0.439. The lowest BCUT2D eigenvalue weighted by Gasteiger charge is -2.06. The molecule has 1 saturated carbocycles. The van der Waals surface area contributed by atoms with Crippen LogP contribution in [0, 0.1) is 3.57 Å². The van der Waals surface area contributed by atoms with Gasteiger partial charge < -0.3 is 4.74 Å². The minimum Gasteiger partial charge on any atom is -0.488 e. The molecular formula is C8H7BrINO. The first-order valence-electron chi connectivity index (χ1n) is 3.73. The van der Waals surface area contributed by atoms with E-state index in [1.165, 1.54) is 12.8 Å². The molecule has 1 aromatic rings.